The van der Waals surface area contributed by atoms with Gasteiger partial charge >= 0.3 is 0 Å². The quantitative estimate of drug-likeness (QED) is 0.313. The van der Waals surface area contributed by atoms with Crippen molar-refractivity contribution in [2.24, 2.45) is 5.73 Å². The maximum absolute atomic E-state index is 13.2. The molecule has 3 aromatic carbocycles. The summed E-state index contributed by atoms with van der Waals surface area (Å²) < 4.78 is 0. The van der Waals surface area contributed by atoms with Crippen LogP contribution in [-0.2, 0) is 16.0 Å². The molecule has 0 aliphatic rings. The first-order chi connectivity index (χ1) is 15.4. The molecular weight excluding hydrogens is 422 g/mol. The van der Waals surface area contributed by atoms with Gasteiger partial charge in [0.15, 0.2) is 5.78 Å². The number of hydrogen-bond acceptors (Lipinski definition) is 5. The topological polar surface area (TPSA) is 101 Å². The third kappa shape index (κ3) is 5.84. The number of ketones is 1. The normalized spacial score (nSPS) is 11.5. The smallest absolute Gasteiger partial charge is 0.242 e. The summed E-state index contributed by atoms with van der Waals surface area (Å²) in [6.45, 7) is 1.94. The Balaban J connectivity index is 1.90. The van der Waals surface area contributed by atoms with E-state index in [1.54, 1.807) is 42.5 Å². The number of carbonyl (C=O) groups excluding carboxylic acids is 3. The Morgan fingerprint density at radius 1 is 0.938 bits per heavy atom. The lowest BCUT2D eigenvalue weighted by Gasteiger charge is -2.15. The molecule has 7 heteroatoms. The summed E-state index contributed by atoms with van der Waals surface area (Å²) >= 11 is 4.04. The van der Waals surface area contributed by atoms with E-state index in [4.69, 9.17) is 5.73 Å². The fourth-order valence-electron chi connectivity index (χ4n) is 3.16. The number of aryl methyl sites for hydroxylation is 1. The Bertz CT molecular complexity index is 1130. The second kappa shape index (κ2) is 10.7. The molecule has 2 amide bonds. The summed E-state index contributed by atoms with van der Waals surface area (Å²) in [6, 6.07) is 20.4. The van der Waals surface area contributed by atoms with Crippen LogP contribution in [0.1, 0.15) is 27.0 Å². The third-order valence-electron chi connectivity index (χ3n) is 4.99. The summed E-state index contributed by atoms with van der Waals surface area (Å²) in [4.78, 5) is 38.1. The lowest BCUT2D eigenvalue weighted by Crippen LogP contribution is -2.37. The molecule has 1 atom stereocenters. The van der Waals surface area contributed by atoms with Gasteiger partial charge in [-0.05, 0) is 36.2 Å². The molecule has 0 heterocycles. The Morgan fingerprint density at radius 2 is 1.62 bits per heavy atom. The van der Waals surface area contributed by atoms with Crippen molar-refractivity contribution in [3.63, 3.8) is 0 Å². The van der Waals surface area contributed by atoms with Gasteiger partial charge in [0.05, 0.1) is 18.2 Å². The number of nitrogens with one attached hydrogen (secondary N) is 2. The molecule has 0 aliphatic heterocycles. The Hall–Kier alpha value is -3.42. The lowest BCUT2D eigenvalue weighted by molar-refractivity contribution is -0.117. The number of hydrogen-bond donors (Lipinski definition) is 4. The molecule has 6 nitrogen and oxygen atoms in total. The van der Waals surface area contributed by atoms with Gasteiger partial charge in [-0.25, -0.2) is 0 Å². The standard InChI is InChI=1S/C25H25N3O3S/c1-16-7-5-6-10-18(16)13-23(29)28-22-12-11-19(27-25(31)21(26)15-32)14-20(22)24(30)17-8-3-2-4-9-17/h2-12,14,21,32H,13,15,26H2,1H3,(H,27,31)(H,28,29)/t21-/m0/s1. The number of thiol groups is 1. The van der Waals surface area contributed by atoms with Crippen LogP contribution in [0.4, 0.5) is 11.4 Å². The van der Waals surface area contributed by atoms with Gasteiger partial charge < -0.3 is 16.4 Å². The molecule has 32 heavy (non-hydrogen) atoms. The molecule has 0 unspecified atom stereocenters. The molecule has 0 aromatic heterocycles. The lowest BCUT2D eigenvalue weighted by atomic mass is 10.00. The number of nitrogens with two attached hydrogens (primary N) is 1. The van der Waals surface area contributed by atoms with Crippen LogP contribution in [-0.4, -0.2) is 29.4 Å². The highest BCUT2D eigenvalue weighted by Crippen LogP contribution is 2.24. The first kappa shape index (κ1) is 23.2. The Labute approximate surface area is 192 Å². The monoisotopic (exact) mass is 447 g/mol. The minimum Gasteiger partial charge on any atom is -0.325 e. The molecule has 164 valence electrons. The van der Waals surface area contributed by atoms with Gasteiger partial charge in [-0.3, -0.25) is 14.4 Å². The predicted octanol–water partition coefficient (Wildman–Crippen LogP) is 3.60. The number of amides is 2. The van der Waals surface area contributed by atoms with Gasteiger partial charge in [-0.15, -0.1) is 0 Å². The van der Waals surface area contributed by atoms with Crippen molar-refractivity contribution in [1.82, 2.24) is 0 Å². The van der Waals surface area contributed by atoms with Crippen LogP contribution in [0.3, 0.4) is 0 Å². The van der Waals surface area contributed by atoms with Crippen LogP contribution in [0.5, 0.6) is 0 Å². The van der Waals surface area contributed by atoms with Crippen LogP contribution in [0, 0.1) is 6.92 Å². The van der Waals surface area contributed by atoms with Gasteiger partial charge in [-0.1, -0.05) is 54.6 Å². The van der Waals surface area contributed by atoms with E-state index in [9.17, 15) is 14.4 Å². The van der Waals surface area contributed by atoms with Crippen molar-refractivity contribution in [3.8, 4) is 0 Å². The van der Waals surface area contributed by atoms with E-state index in [2.05, 4.69) is 23.3 Å². The first-order valence-corrected chi connectivity index (χ1v) is 10.8. The molecule has 0 spiro atoms. The van der Waals surface area contributed by atoms with Crippen LogP contribution >= 0.6 is 12.6 Å². The van der Waals surface area contributed by atoms with E-state index in [1.165, 1.54) is 0 Å². The largest absolute Gasteiger partial charge is 0.325 e. The van der Waals surface area contributed by atoms with Crippen molar-refractivity contribution in [2.45, 2.75) is 19.4 Å². The molecule has 4 N–H and O–H groups in total. The van der Waals surface area contributed by atoms with Crippen LogP contribution in [0.15, 0.2) is 72.8 Å². The predicted molar refractivity (Wildman–Crippen MR) is 130 cm³/mol. The molecule has 3 aromatic rings. The highest BCUT2D eigenvalue weighted by Gasteiger charge is 2.18. The van der Waals surface area contributed by atoms with Gasteiger partial charge in [0.25, 0.3) is 0 Å². The van der Waals surface area contributed by atoms with Gasteiger partial charge in [0, 0.05) is 22.6 Å². The van der Waals surface area contributed by atoms with Crippen molar-refractivity contribution in [1.29, 1.82) is 0 Å². The Kier molecular flexibility index (Phi) is 7.81. The van der Waals surface area contributed by atoms with Crippen LogP contribution in [0.2, 0.25) is 0 Å². The zero-order valence-electron chi connectivity index (χ0n) is 17.7. The van der Waals surface area contributed by atoms with Crippen molar-refractivity contribution >= 4 is 41.6 Å². The minimum atomic E-state index is -0.778. The highest BCUT2D eigenvalue weighted by molar-refractivity contribution is 7.80. The fourth-order valence-corrected chi connectivity index (χ4v) is 3.32. The van der Waals surface area contributed by atoms with Crippen LogP contribution in [0.25, 0.3) is 0 Å². The maximum atomic E-state index is 13.2. The number of anilines is 2. The summed E-state index contributed by atoms with van der Waals surface area (Å²) in [5, 5.41) is 5.53. The highest BCUT2D eigenvalue weighted by atomic mass is 32.1. The fraction of sp³-hybridized carbons (Fsp3) is 0.160. The third-order valence-corrected chi connectivity index (χ3v) is 5.38. The van der Waals surface area contributed by atoms with Gasteiger partial charge in [0.2, 0.25) is 11.8 Å². The van der Waals surface area contributed by atoms with Gasteiger partial charge in [0.1, 0.15) is 0 Å². The molecule has 0 saturated heterocycles. The first-order valence-electron chi connectivity index (χ1n) is 10.1. The van der Waals surface area contributed by atoms with E-state index in [0.717, 1.165) is 11.1 Å². The van der Waals surface area contributed by atoms with E-state index < -0.39 is 11.9 Å². The summed E-state index contributed by atoms with van der Waals surface area (Å²) in [7, 11) is 0. The molecule has 0 fully saturated rings. The van der Waals surface area contributed by atoms with E-state index in [0.29, 0.717) is 16.9 Å². The molecule has 3 rings (SSSR count). The van der Waals surface area contributed by atoms with Crippen molar-refractivity contribution in [3.05, 3.63) is 95.1 Å². The summed E-state index contributed by atoms with van der Waals surface area (Å²) in [6.07, 6.45) is 0.181. The summed E-state index contributed by atoms with van der Waals surface area (Å²) in [5.41, 5.74) is 9.16. The molecule has 0 saturated carbocycles. The van der Waals surface area contributed by atoms with Gasteiger partial charge in [-0.2, -0.15) is 12.6 Å². The molecular formula is C25H25N3O3S. The number of rotatable bonds is 8. The van der Waals surface area contributed by atoms with E-state index >= 15 is 0 Å². The number of carbonyl (C=O) groups is 3. The van der Waals surface area contributed by atoms with Crippen molar-refractivity contribution < 1.29 is 14.4 Å². The average molecular weight is 448 g/mol. The minimum absolute atomic E-state index is 0.181. The SMILES string of the molecule is Cc1ccccc1CC(=O)Nc1ccc(NC(=O)[C@@H](N)CS)cc1C(=O)c1ccccc1. The molecule has 0 radical (unpaired) electrons. The second-order valence-corrected chi connectivity index (χ2v) is 7.75. The average Bonchev–Trinajstić information content (AvgIpc) is 2.81. The maximum Gasteiger partial charge on any atom is 0.242 e. The van der Waals surface area contributed by atoms with E-state index in [-0.39, 0.29) is 29.4 Å². The second-order valence-electron chi connectivity index (χ2n) is 7.39. The van der Waals surface area contributed by atoms with E-state index in [1.807, 2.05) is 37.3 Å². The zero-order valence-corrected chi connectivity index (χ0v) is 18.6. The summed E-state index contributed by atoms with van der Waals surface area (Å²) in [5.74, 6) is -0.731. The molecule has 0 bridgehead atoms. The number of benzene rings is 3. The zero-order chi connectivity index (χ0) is 23.1. The van der Waals surface area contributed by atoms with Crippen molar-refractivity contribution in [2.75, 3.05) is 16.4 Å². The Morgan fingerprint density at radius 3 is 2.31 bits per heavy atom. The molecule has 0 aliphatic carbocycles. The van der Waals surface area contributed by atoms with Crippen LogP contribution < -0.4 is 16.4 Å².